The lowest BCUT2D eigenvalue weighted by Gasteiger charge is -2.12. The molecule has 0 aliphatic carbocycles. The number of hydrogen-bond donors (Lipinski definition) is 3. The first-order valence-electron chi connectivity index (χ1n) is 5.85. The molecule has 0 aliphatic heterocycles. The molecule has 0 aromatic heterocycles. The van der Waals surface area contributed by atoms with Crippen molar-refractivity contribution in [3.63, 3.8) is 0 Å². The van der Waals surface area contributed by atoms with Crippen LogP contribution in [0.3, 0.4) is 0 Å². The largest absolute Gasteiger partial charge is 0.336 e. The molecule has 8 heteroatoms. The summed E-state index contributed by atoms with van der Waals surface area (Å²) in [5.41, 5.74) is 0.0780. The van der Waals surface area contributed by atoms with E-state index in [2.05, 4.69) is 31.9 Å². The highest BCUT2D eigenvalue weighted by molar-refractivity contribution is 9.10. The summed E-state index contributed by atoms with van der Waals surface area (Å²) in [7, 11) is 3.23. The maximum absolute atomic E-state index is 13.4. The van der Waals surface area contributed by atoms with Crippen LogP contribution in [0, 0.1) is 5.82 Å². The number of hydrogen-bond acceptors (Lipinski definition) is 2. The van der Waals surface area contributed by atoms with Crippen LogP contribution in [0.15, 0.2) is 22.7 Å². The average molecular weight is 347 g/mol. The van der Waals surface area contributed by atoms with Gasteiger partial charge < -0.3 is 20.9 Å². The number of amides is 4. The van der Waals surface area contributed by atoms with Crippen molar-refractivity contribution in [2.24, 2.45) is 0 Å². The standard InChI is InChI=1S/C12H16BrFN4O2/c1-18(2)12(20)16-6-5-15-11(19)17-10-7-8(13)3-4-9(10)14/h3-4,7H,5-6H2,1-2H3,(H,16,20)(H2,15,17,19). The van der Waals surface area contributed by atoms with Crippen LogP contribution < -0.4 is 16.0 Å². The van der Waals surface area contributed by atoms with E-state index in [9.17, 15) is 14.0 Å². The molecule has 1 rings (SSSR count). The van der Waals surface area contributed by atoms with Gasteiger partial charge in [0.05, 0.1) is 5.69 Å². The fraction of sp³-hybridized carbons (Fsp3) is 0.333. The van der Waals surface area contributed by atoms with Crippen LogP contribution >= 0.6 is 15.9 Å². The molecular formula is C12H16BrFN4O2. The Morgan fingerprint density at radius 1 is 1.25 bits per heavy atom. The van der Waals surface area contributed by atoms with Gasteiger partial charge in [0.15, 0.2) is 0 Å². The first-order valence-corrected chi connectivity index (χ1v) is 6.64. The molecule has 0 fully saturated rings. The number of nitrogens with one attached hydrogen (secondary N) is 3. The zero-order chi connectivity index (χ0) is 15.1. The second-order valence-electron chi connectivity index (χ2n) is 4.13. The Balaban J connectivity index is 2.34. The maximum atomic E-state index is 13.4. The molecule has 0 bridgehead atoms. The molecule has 0 saturated carbocycles. The summed E-state index contributed by atoms with van der Waals surface area (Å²) in [4.78, 5) is 24.1. The van der Waals surface area contributed by atoms with Crippen LogP contribution in [0.5, 0.6) is 0 Å². The van der Waals surface area contributed by atoms with Gasteiger partial charge in [0.1, 0.15) is 5.82 Å². The van der Waals surface area contributed by atoms with E-state index in [4.69, 9.17) is 0 Å². The normalized spacial score (nSPS) is 9.80. The molecule has 0 heterocycles. The molecule has 4 amide bonds. The van der Waals surface area contributed by atoms with Crippen LogP contribution in [-0.2, 0) is 0 Å². The molecule has 3 N–H and O–H groups in total. The molecule has 0 atom stereocenters. The van der Waals surface area contributed by atoms with Crippen LogP contribution in [0.25, 0.3) is 0 Å². The molecular weight excluding hydrogens is 331 g/mol. The van der Waals surface area contributed by atoms with Crippen molar-refractivity contribution in [1.29, 1.82) is 0 Å². The fourth-order valence-electron chi connectivity index (χ4n) is 1.26. The van der Waals surface area contributed by atoms with Gasteiger partial charge in [-0.05, 0) is 18.2 Å². The predicted molar refractivity (Wildman–Crippen MR) is 78.2 cm³/mol. The summed E-state index contributed by atoms with van der Waals surface area (Å²) >= 11 is 3.19. The first kappa shape index (κ1) is 16.2. The van der Waals surface area contributed by atoms with E-state index >= 15 is 0 Å². The fourth-order valence-corrected chi connectivity index (χ4v) is 1.62. The third kappa shape index (κ3) is 5.43. The average Bonchev–Trinajstić information content (AvgIpc) is 2.38. The number of benzene rings is 1. The molecule has 0 aliphatic rings. The molecule has 1 aromatic rings. The minimum atomic E-state index is -0.541. The Hall–Kier alpha value is -1.83. The summed E-state index contributed by atoms with van der Waals surface area (Å²) in [6, 6.07) is 3.46. The molecule has 20 heavy (non-hydrogen) atoms. The quantitative estimate of drug-likeness (QED) is 0.729. The van der Waals surface area contributed by atoms with Gasteiger partial charge in [0.25, 0.3) is 0 Å². The number of rotatable bonds is 4. The number of halogens is 2. The van der Waals surface area contributed by atoms with Crippen molar-refractivity contribution in [2.45, 2.75) is 0 Å². The molecule has 6 nitrogen and oxygen atoms in total. The van der Waals surface area contributed by atoms with Gasteiger partial charge in [-0.2, -0.15) is 0 Å². The second kappa shape index (κ2) is 7.68. The van der Waals surface area contributed by atoms with Crippen LogP contribution in [0.1, 0.15) is 0 Å². The lowest BCUT2D eigenvalue weighted by molar-refractivity contribution is 0.217. The zero-order valence-electron chi connectivity index (χ0n) is 11.2. The number of carbonyl (C=O) groups is 2. The van der Waals surface area contributed by atoms with Crippen molar-refractivity contribution >= 4 is 33.7 Å². The van der Waals surface area contributed by atoms with Crippen LogP contribution in [0.4, 0.5) is 19.7 Å². The highest BCUT2D eigenvalue weighted by Gasteiger charge is 2.07. The molecule has 110 valence electrons. The molecule has 0 radical (unpaired) electrons. The minimum Gasteiger partial charge on any atom is -0.336 e. The van der Waals surface area contributed by atoms with Gasteiger partial charge in [-0.3, -0.25) is 0 Å². The van der Waals surface area contributed by atoms with Crippen molar-refractivity contribution in [3.05, 3.63) is 28.5 Å². The van der Waals surface area contributed by atoms with Gasteiger partial charge in [-0.1, -0.05) is 15.9 Å². The van der Waals surface area contributed by atoms with E-state index in [0.717, 1.165) is 0 Å². The lowest BCUT2D eigenvalue weighted by atomic mass is 10.3. The summed E-state index contributed by atoms with van der Waals surface area (Å²) in [6.45, 7) is 0.520. The van der Waals surface area contributed by atoms with Crippen molar-refractivity contribution in [1.82, 2.24) is 15.5 Å². The Kier molecular flexibility index (Phi) is 6.23. The van der Waals surface area contributed by atoms with E-state index in [0.29, 0.717) is 4.47 Å². The summed E-state index contributed by atoms with van der Waals surface area (Å²) in [6.07, 6.45) is 0. The third-order valence-electron chi connectivity index (χ3n) is 2.27. The van der Waals surface area contributed by atoms with E-state index in [-0.39, 0.29) is 24.8 Å². The zero-order valence-corrected chi connectivity index (χ0v) is 12.8. The van der Waals surface area contributed by atoms with Gasteiger partial charge in [-0.25, -0.2) is 14.0 Å². The van der Waals surface area contributed by atoms with E-state index in [1.54, 1.807) is 14.1 Å². The lowest BCUT2D eigenvalue weighted by Crippen LogP contribution is -2.40. The number of carbonyl (C=O) groups excluding carboxylic acids is 2. The summed E-state index contributed by atoms with van der Waals surface area (Å²) < 4.78 is 14.0. The predicted octanol–water partition coefficient (Wildman–Crippen LogP) is 1.98. The van der Waals surface area contributed by atoms with Crippen LogP contribution in [-0.4, -0.2) is 44.1 Å². The smallest absolute Gasteiger partial charge is 0.319 e. The molecule has 0 saturated heterocycles. The van der Waals surface area contributed by atoms with Crippen molar-refractivity contribution < 1.29 is 14.0 Å². The summed E-state index contributed by atoms with van der Waals surface area (Å²) in [5, 5.41) is 7.48. The number of anilines is 1. The summed E-state index contributed by atoms with van der Waals surface area (Å²) in [5.74, 6) is -0.524. The minimum absolute atomic E-state index is 0.0780. The topological polar surface area (TPSA) is 73.5 Å². The highest BCUT2D eigenvalue weighted by atomic mass is 79.9. The maximum Gasteiger partial charge on any atom is 0.319 e. The Morgan fingerprint density at radius 3 is 2.55 bits per heavy atom. The monoisotopic (exact) mass is 346 g/mol. The van der Waals surface area contributed by atoms with Gasteiger partial charge >= 0.3 is 12.1 Å². The number of urea groups is 2. The molecule has 1 aromatic carbocycles. The van der Waals surface area contributed by atoms with Gasteiger partial charge in [-0.15, -0.1) is 0 Å². The Labute approximate surface area is 124 Å². The third-order valence-corrected chi connectivity index (χ3v) is 2.76. The molecule has 0 spiro atoms. The van der Waals surface area contributed by atoms with Gasteiger partial charge in [0.2, 0.25) is 0 Å². The van der Waals surface area contributed by atoms with Crippen LogP contribution in [0.2, 0.25) is 0 Å². The van der Waals surface area contributed by atoms with Crippen molar-refractivity contribution in [3.8, 4) is 0 Å². The van der Waals surface area contributed by atoms with E-state index < -0.39 is 11.8 Å². The Morgan fingerprint density at radius 2 is 1.90 bits per heavy atom. The van der Waals surface area contributed by atoms with Gasteiger partial charge in [0, 0.05) is 31.7 Å². The Bertz CT molecular complexity index is 496. The SMILES string of the molecule is CN(C)C(=O)NCCNC(=O)Nc1cc(Br)ccc1F. The highest BCUT2D eigenvalue weighted by Crippen LogP contribution is 2.19. The second-order valence-corrected chi connectivity index (χ2v) is 5.05. The first-order chi connectivity index (χ1) is 9.40. The number of nitrogens with zero attached hydrogens (tertiary/aromatic N) is 1. The van der Waals surface area contributed by atoms with E-state index in [1.807, 2.05) is 0 Å². The molecule has 0 unspecified atom stereocenters. The van der Waals surface area contributed by atoms with Crippen molar-refractivity contribution in [2.75, 3.05) is 32.5 Å². The van der Waals surface area contributed by atoms with E-state index in [1.165, 1.54) is 23.1 Å².